The van der Waals surface area contributed by atoms with E-state index in [4.69, 9.17) is 8.83 Å². The van der Waals surface area contributed by atoms with Crippen LogP contribution in [0.4, 0.5) is 0 Å². The van der Waals surface area contributed by atoms with E-state index in [2.05, 4.69) is 30.7 Å². The van der Waals surface area contributed by atoms with E-state index >= 15 is 0 Å². The molecule has 0 saturated carbocycles. The van der Waals surface area contributed by atoms with Gasteiger partial charge in [-0.05, 0) is 13.3 Å². The van der Waals surface area contributed by atoms with Crippen molar-refractivity contribution < 1.29 is 8.83 Å². The van der Waals surface area contributed by atoms with Gasteiger partial charge in [0.1, 0.15) is 11.5 Å². The third-order valence-electron chi connectivity index (χ3n) is 3.32. The van der Waals surface area contributed by atoms with Gasteiger partial charge in [0, 0.05) is 25.2 Å². The monoisotopic (exact) mass is 262 g/mol. The van der Waals surface area contributed by atoms with Gasteiger partial charge in [0.05, 0.1) is 11.9 Å². The summed E-state index contributed by atoms with van der Waals surface area (Å²) in [6, 6.07) is 0. The van der Waals surface area contributed by atoms with Crippen LogP contribution in [0.5, 0.6) is 0 Å². The van der Waals surface area contributed by atoms with Crippen LogP contribution < -0.4 is 0 Å². The van der Waals surface area contributed by atoms with Crippen LogP contribution in [0, 0.1) is 13.8 Å². The molecule has 0 aromatic carbocycles. The molecule has 0 fully saturated rings. The van der Waals surface area contributed by atoms with Gasteiger partial charge in [-0.1, -0.05) is 20.8 Å². The molecule has 2 aromatic heterocycles. The molecule has 2 aromatic rings. The molecule has 0 bridgehead atoms. The largest absolute Gasteiger partial charge is 0.446 e. The minimum absolute atomic E-state index is 0.330. The van der Waals surface area contributed by atoms with Crippen molar-refractivity contribution in [2.45, 2.75) is 59.3 Å². The van der Waals surface area contributed by atoms with Crippen molar-refractivity contribution in [3.8, 4) is 0 Å². The quantitative estimate of drug-likeness (QED) is 0.812. The number of rotatable bonds is 5. The maximum Gasteiger partial charge on any atom is 0.194 e. The molecule has 0 saturated heterocycles. The number of hydrogen-bond donors (Lipinski definition) is 0. The molecule has 0 spiro atoms. The summed E-state index contributed by atoms with van der Waals surface area (Å²) in [6.07, 6.45) is 3.58. The molecule has 0 amide bonds. The van der Waals surface area contributed by atoms with Crippen molar-refractivity contribution in [1.82, 2.24) is 9.97 Å². The highest BCUT2D eigenvalue weighted by Crippen LogP contribution is 2.24. The van der Waals surface area contributed by atoms with E-state index in [0.29, 0.717) is 11.8 Å². The van der Waals surface area contributed by atoms with Crippen LogP contribution in [0.2, 0.25) is 0 Å². The zero-order valence-electron chi connectivity index (χ0n) is 12.4. The first-order valence-electron chi connectivity index (χ1n) is 6.86. The summed E-state index contributed by atoms with van der Waals surface area (Å²) in [5.74, 6) is 4.19. The Kier molecular flexibility index (Phi) is 4.08. The van der Waals surface area contributed by atoms with Crippen LogP contribution in [0.25, 0.3) is 0 Å². The van der Waals surface area contributed by atoms with E-state index < -0.39 is 0 Å². The summed E-state index contributed by atoms with van der Waals surface area (Å²) >= 11 is 0. The first-order valence-corrected chi connectivity index (χ1v) is 6.86. The molecule has 0 N–H and O–H groups in total. The van der Waals surface area contributed by atoms with Crippen molar-refractivity contribution in [1.29, 1.82) is 0 Å². The van der Waals surface area contributed by atoms with Gasteiger partial charge in [-0.25, -0.2) is 9.97 Å². The standard InChI is InChI=1S/C15H22N2O2/c1-9(2)15-11(4)17-14(19-15)7-6-10(3)13-8-16-12(5)18-13/h8-10H,6-7H2,1-5H3. The highest BCUT2D eigenvalue weighted by Gasteiger charge is 2.15. The van der Waals surface area contributed by atoms with Crippen LogP contribution >= 0.6 is 0 Å². The molecule has 1 atom stereocenters. The van der Waals surface area contributed by atoms with Crippen molar-refractivity contribution in [2.75, 3.05) is 0 Å². The van der Waals surface area contributed by atoms with E-state index in [1.165, 1.54) is 0 Å². The smallest absolute Gasteiger partial charge is 0.194 e. The summed E-state index contributed by atoms with van der Waals surface area (Å²) in [5.41, 5.74) is 1.01. The number of hydrogen-bond acceptors (Lipinski definition) is 4. The first kappa shape index (κ1) is 13.8. The number of aryl methyl sites for hydroxylation is 3. The Morgan fingerprint density at radius 3 is 2.42 bits per heavy atom. The van der Waals surface area contributed by atoms with Gasteiger partial charge < -0.3 is 8.83 Å². The molecule has 2 heterocycles. The molecule has 2 rings (SSSR count). The van der Waals surface area contributed by atoms with Gasteiger partial charge in [-0.3, -0.25) is 0 Å². The Hall–Kier alpha value is -1.58. The van der Waals surface area contributed by atoms with Gasteiger partial charge in [0.25, 0.3) is 0 Å². The Morgan fingerprint density at radius 1 is 1.16 bits per heavy atom. The van der Waals surface area contributed by atoms with Crippen LogP contribution in [-0.4, -0.2) is 9.97 Å². The molecular formula is C15H22N2O2. The Morgan fingerprint density at radius 2 is 1.89 bits per heavy atom. The number of nitrogens with zero attached hydrogens (tertiary/aromatic N) is 2. The fraction of sp³-hybridized carbons (Fsp3) is 0.600. The summed E-state index contributed by atoms with van der Waals surface area (Å²) in [7, 11) is 0. The van der Waals surface area contributed by atoms with Gasteiger partial charge in [-0.15, -0.1) is 0 Å². The van der Waals surface area contributed by atoms with E-state index in [9.17, 15) is 0 Å². The van der Waals surface area contributed by atoms with Gasteiger partial charge in [0.2, 0.25) is 0 Å². The molecule has 104 valence electrons. The summed E-state index contributed by atoms with van der Waals surface area (Å²) in [4.78, 5) is 8.62. The molecule has 0 radical (unpaired) electrons. The summed E-state index contributed by atoms with van der Waals surface area (Å²) < 4.78 is 11.3. The van der Waals surface area contributed by atoms with E-state index in [0.717, 1.165) is 41.8 Å². The second kappa shape index (κ2) is 5.59. The molecular weight excluding hydrogens is 240 g/mol. The topological polar surface area (TPSA) is 52.1 Å². The zero-order chi connectivity index (χ0) is 14.0. The van der Waals surface area contributed by atoms with Gasteiger partial charge >= 0.3 is 0 Å². The van der Waals surface area contributed by atoms with Crippen LogP contribution in [-0.2, 0) is 6.42 Å². The van der Waals surface area contributed by atoms with Crippen LogP contribution in [0.15, 0.2) is 15.0 Å². The lowest BCUT2D eigenvalue weighted by Gasteiger charge is -2.05. The molecule has 4 heteroatoms. The Balaban J connectivity index is 1.97. The first-order chi connectivity index (χ1) is 8.97. The molecule has 4 nitrogen and oxygen atoms in total. The number of oxazole rings is 2. The second-order valence-corrected chi connectivity index (χ2v) is 5.43. The van der Waals surface area contributed by atoms with Crippen molar-refractivity contribution >= 4 is 0 Å². The average Bonchev–Trinajstić information content (AvgIpc) is 2.92. The van der Waals surface area contributed by atoms with Crippen molar-refractivity contribution in [3.63, 3.8) is 0 Å². The Bertz CT molecular complexity index is 540. The minimum atomic E-state index is 0.330. The third kappa shape index (κ3) is 3.25. The van der Waals surface area contributed by atoms with E-state index in [1.54, 1.807) is 6.20 Å². The normalized spacial score (nSPS) is 13.2. The molecule has 19 heavy (non-hydrogen) atoms. The molecule has 0 aliphatic rings. The van der Waals surface area contributed by atoms with Crippen molar-refractivity contribution in [2.24, 2.45) is 0 Å². The predicted octanol–water partition coefficient (Wildman–Crippen LogP) is 4.14. The van der Waals surface area contributed by atoms with Crippen LogP contribution in [0.1, 0.15) is 68.0 Å². The lowest BCUT2D eigenvalue weighted by molar-refractivity contribution is 0.407. The van der Waals surface area contributed by atoms with E-state index in [1.807, 2.05) is 13.8 Å². The van der Waals surface area contributed by atoms with Crippen LogP contribution in [0.3, 0.4) is 0 Å². The minimum Gasteiger partial charge on any atom is -0.446 e. The lowest BCUT2D eigenvalue weighted by atomic mass is 10.0. The fourth-order valence-electron chi connectivity index (χ4n) is 2.20. The van der Waals surface area contributed by atoms with Gasteiger partial charge in [0.15, 0.2) is 11.8 Å². The maximum absolute atomic E-state index is 5.81. The molecule has 1 unspecified atom stereocenters. The summed E-state index contributed by atoms with van der Waals surface area (Å²) in [5, 5.41) is 0. The highest BCUT2D eigenvalue weighted by atomic mass is 16.4. The summed E-state index contributed by atoms with van der Waals surface area (Å²) in [6.45, 7) is 10.3. The molecule has 0 aliphatic heterocycles. The maximum atomic E-state index is 5.81. The van der Waals surface area contributed by atoms with Gasteiger partial charge in [-0.2, -0.15) is 0 Å². The number of aromatic nitrogens is 2. The molecule has 0 aliphatic carbocycles. The SMILES string of the molecule is Cc1ncc(C(C)CCc2nc(C)c(C(C)C)o2)o1. The van der Waals surface area contributed by atoms with Crippen molar-refractivity contribution in [3.05, 3.63) is 35.2 Å². The Labute approximate surface area is 114 Å². The average molecular weight is 262 g/mol. The van der Waals surface area contributed by atoms with E-state index in [-0.39, 0.29) is 0 Å². The zero-order valence-corrected chi connectivity index (χ0v) is 12.4. The highest BCUT2D eigenvalue weighted by molar-refractivity contribution is 5.12. The second-order valence-electron chi connectivity index (χ2n) is 5.43. The fourth-order valence-corrected chi connectivity index (χ4v) is 2.20. The predicted molar refractivity (Wildman–Crippen MR) is 73.3 cm³/mol. The lowest BCUT2D eigenvalue weighted by Crippen LogP contribution is -1.95. The third-order valence-corrected chi connectivity index (χ3v) is 3.32.